The molecule has 106 valence electrons. The fourth-order valence-corrected chi connectivity index (χ4v) is 2.01. The molecule has 3 aromatic heterocycles. The van der Waals surface area contributed by atoms with Gasteiger partial charge in [0, 0.05) is 11.8 Å². The third kappa shape index (κ3) is 2.68. The molecule has 0 saturated heterocycles. The molecule has 0 fully saturated rings. The van der Waals surface area contributed by atoms with Gasteiger partial charge in [0.2, 0.25) is 11.8 Å². The number of nitrogens with zero attached hydrogens (tertiary/aromatic N) is 5. The van der Waals surface area contributed by atoms with E-state index in [1.54, 1.807) is 24.5 Å². The van der Waals surface area contributed by atoms with E-state index in [4.69, 9.17) is 22.1 Å². The predicted octanol–water partition coefficient (Wildman–Crippen LogP) is 2.12. The molecule has 21 heavy (non-hydrogen) atoms. The number of rotatable bonds is 3. The molecule has 0 unspecified atom stereocenters. The molecule has 2 N–H and O–H groups in total. The highest BCUT2D eigenvalue weighted by molar-refractivity contribution is 6.29. The number of nitrogen functional groups attached to an aromatic ring is 1. The van der Waals surface area contributed by atoms with Crippen LogP contribution in [0.2, 0.25) is 5.15 Å². The molecule has 0 spiro atoms. The van der Waals surface area contributed by atoms with E-state index in [-0.39, 0.29) is 5.95 Å². The highest BCUT2D eigenvalue weighted by Crippen LogP contribution is 2.24. The summed E-state index contributed by atoms with van der Waals surface area (Å²) in [5.41, 5.74) is 7.89. The van der Waals surface area contributed by atoms with Gasteiger partial charge in [0.25, 0.3) is 0 Å². The summed E-state index contributed by atoms with van der Waals surface area (Å²) >= 11 is 5.89. The van der Waals surface area contributed by atoms with Gasteiger partial charge < -0.3 is 10.5 Å². The molecule has 0 aliphatic rings. The lowest BCUT2D eigenvalue weighted by molar-refractivity contribution is 0.330. The highest BCUT2D eigenvalue weighted by Gasteiger charge is 2.12. The number of ether oxygens (including phenoxy) is 1. The zero-order chi connectivity index (χ0) is 14.8. The maximum absolute atomic E-state index is 5.89. The first kappa shape index (κ1) is 13.4. The molecule has 8 heteroatoms. The Morgan fingerprint density at radius 3 is 2.86 bits per heavy atom. The lowest BCUT2D eigenvalue weighted by Crippen LogP contribution is -2.04. The maximum Gasteiger partial charge on any atom is 0.247 e. The molecule has 0 bridgehead atoms. The topological polar surface area (TPSA) is 99.7 Å². The number of halogens is 1. The second-order valence-electron chi connectivity index (χ2n) is 4.11. The number of pyridine rings is 1. The van der Waals surface area contributed by atoms with E-state index >= 15 is 0 Å². The number of hydrogen-bond acceptors (Lipinski definition) is 7. The Balaban J connectivity index is 2.19. The monoisotopic (exact) mass is 302 g/mol. The minimum atomic E-state index is 0.0972. The maximum atomic E-state index is 5.89. The van der Waals surface area contributed by atoms with Gasteiger partial charge in [0.15, 0.2) is 11.2 Å². The van der Waals surface area contributed by atoms with Crippen LogP contribution in [-0.4, -0.2) is 31.5 Å². The number of anilines is 1. The summed E-state index contributed by atoms with van der Waals surface area (Å²) in [4.78, 5) is 20.8. The zero-order valence-corrected chi connectivity index (χ0v) is 11.9. The summed E-state index contributed by atoms with van der Waals surface area (Å²) in [7, 11) is 0. The summed E-state index contributed by atoms with van der Waals surface area (Å²) in [5, 5.41) is 0.382. The van der Waals surface area contributed by atoms with Crippen molar-refractivity contribution in [3.05, 3.63) is 29.7 Å². The van der Waals surface area contributed by atoms with Gasteiger partial charge in [-0.15, -0.1) is 0 Å². The normalized spacial score (nSPS) is 10.8. The molecule has 0 atom stereocenters. The van der Waals surface area contributed by atoms with Crippen molar-refractivity contribution >= 4 is 28.7 Å². The second-order valence-corrected chi connectivity index (χ2v) is 4.50. The molecule has 3 aromatic rings. The lowest BCUT2D eigenvalue weighted by Gasteiger charge is -2.07. The van der Waals surface area contributed by atoms with Gasteiger partial charge >= 0.3 is 0 Å². The van der Waals surface area contributed by atoms with Gasteiger partial charge in [0.1, 0.15) is 5.15 Å². The fraction of sp³-hybridized carbons (Fsp3) is 0.154. The minimum Gasteiger partial charge on any atom is -0.476 e. The minimum absolute atomic E-state index is 0.0972. The molecule has 7 nitrogen and oxygen atoms in total. The quantitative estimate of drug-likeness (QED) is 0.739. The Labute approximate surface area is 125 Å². The van der Waals surface area contributed by atoms with Gasteiger partial charge in [-0.2, -0.15) is 9.97 Å². The van der Waals surface area contributed by atoms with Crippen LogP contribution in [0.1, 0.15) is 6.92 Å². The van der Waals surface area contributed by atoms with Gasteiger partial charge in [-0.1, -0.05) is 11.6 Å². The van der Waals surface area contributed by atoms with Crippen LogP contribution < -0.4 is 10.5 Å². The van der Waals surface area contributed by atoms with E-state index in [2.05, 4.69) is 24.9 Å². The van der Waals surface area contributed by atoms with Gasteiger partial charge in [0.05, 0.1) is 18.5 Å². The van der Waals surface area contributed by atoms with E-state index in [1.165, 1.54) is 0 Å². The standard InChI is InChI=1S/C13H11ClN6O/c1-2-21-12-10-11(19-13(15)20-12)17-6-8(18-10)7-3-4-16-9(14)5-7/h3-6H,2H2,1H3,(H2,15,17,19,20). The average molecular weight is 303 g/mol. The predicted molar refractivity (Wildman–Crippen MR) is 79.0 cm³/mol. The summed E-state index contributed by atoms with van der Waals surface area (Å²) < 4.78 is 5.44. The van der Waals surface area contributed by atoms with Crippen molar-refractivity contribution in [3.63, 3.8) is 0 Å². The summed E-state index contributed by atoms with van der Waals surface area (Å²) in [5.74, 6) is 0.412. The van der Waals surface area contributed by atoms with Gasteiger partial charge in [-0.05, 0) is 19.1 Å². The Morgan fingerprint density at radius 1 is 1.24 bits per heavy atom. The van der Waals surface area contributed by atoms with Crippen molar-refractivity contribution < 1.29 is 4.74 Å². The van der Waals surface area contributed by atoms with Crippen LogP contribution in [0.15, 0.2) is 24.5 Å². The van der Waals surface area contributed by atoms with Crippen molar-refractivity contribution in [2.45, 2.75) is 6.92 Å². The summed E-state index contributed by atoms with van der Waals surface area (Å²) in [6.07, 6.45) is 3.20. The van der Waals surface area contributed by atoms with E-state index in [0.29, 0.717) is 34.5 Å². The van der Waals surface area contributed by atoms with Crippen molar-refractivity contribution in [1.29, 1.82) is 0 Å². The third-order valence-corrected chi connectivity index (χ3v) is 2.90. The Morgan fingerprint density at radius 2 is 2.10 bits per heavy atom. The van der Waals surface area contributed by atoms with Crippen molar-refractivity contribution in [2.24, 2.45) is 0 Å². The van der Waals surface area contributed by atoms with E-state index < -0.39 is 0 Å². The molecule has 0 aliphatic heterocycles. The second kappa shape index (κ2) is 5.45. The molecule has 0 amide bonds. The number of hydrogen-bond donors (Lipinski definition) is 1. The fourth-order valence-electron chi connectivity index (χ4n) is 1.84. The summed E-state index contributed by atoms with van der Waals surface area (Å²) in [6.45, 7) is 2.29. The number of fused-ring (bicyclic) bond motifs is 1. The largest absolute Gasteiger partial charge is 0.476 e. The smallest absolute Gasteiger partial charge is 0.247 e. The Hall–Kier alpha value is -2.54. The van der Waals surface area contributed by atoms with Crippen LogP contribution in [0, 0.1) is 0 Å². The van der Waals surface area contributed by atoms with Crippen LogP contribution in [0.4, 0.5) is 5.95 Å². The number of aromatic nitrogens is 5. The Bertz CT molecular complexity index is 810. The van der Waals surface area contributed by atoms with Crippen molar-refractivity contribution in [1.82, 2.24) is 24.9 Å². The molecule has 0 radical (unpaired) electrons. The van der Waals surface area contributed by atoms with E-state index in [0.717, 1.165) is 5.56 Å². The van der Waals surface area contributed by atoms with Gasteiger partial charge in [-0.25, -0.2) is 15.0 Å². The van der Waals surface area contributed by atoms with Crippen molar-refractivity contribution in [2.75, 3.05) is 12.3 Å². The molecular formula is C13H11ClN6O. The lowest BCUT2D eigenvalue weighted by atomic mass is 10.2. The van der Waals surface area contributed by atoms with Crippen molar-refractivity contribution in [3.8, 4) is 17.1 Å². The van der Waals surface area contributed by atoms with Gasteiger partial charge in [-0.3, -0.25) is 0 Å². The summed E-state index contributed by atoms with van der Waals surface area (Å²) in [6, 6.07) is 3.50. The first-order valence-electron chi connectivity index (χ1n) is 6.22. The van der Waals surface area contributed by atoms with Crippen LogP contribution in [0.25, 0.3) is 22.4 Å². The van der Waals surface area contributed by atoms with Crippen LogP contribution in [-0.2, 0) is 0 Å². The number of nitrogens with two attached hydrogens (primary N) is 1. The van der Waals surface area contributed by atoms with E-state index in [1.807, 2.05) is 6.92 Å². The molecule has 0 aliphatic carbocycles. The molecule has 3 heterocycles. The van der Waals surface area contributed by atoms with Crippen LogP contribution in [0.3, 0.4) is 0 Å². The molecule has 0 saturated carbocycles. The van der Waals surface area contributed by atoms with Crippen LogP contribution >= 0.6 is 11.6 Å². The van der Waals surface area contributed by atoms with E-state index in [9.17, 15) is 0 Å². The zero-order valence-electron chi connectivity index (χ0n) is 11.1. The third-order valence-electron chi connectivity index (χ3n) is 2.70. The highest BCUT2D eigenvalue weighted by atomic mass is 35.5. The molecule has 3 rings (SSSR count). The first-order valence-corrected chi connectivity index (χ1v) is 6.60. The molecule has 0 aromatic carbocycles. The van der Waals surface area contributed by atoms with Crippen LogP contribution in [0.5, 0.6) is 5.88 Å². The average Bonchev–Trinajstić information content (AvgIpc) is 2.47. The molecular weight excluding hydrogens is 292 g/mol. The SMILES string of the molecule is CCOc1nc(N)nc2ncc(-c3ccnc(Cl)c3)nc12. The first-order chi connectivity index (χ1) is 10.2. The Kier molecular flexibility index (Phi) is 3.49.